The average Bonchev–Trinajstić information content (AvgIpc) is 2.73. The van der Waals surface area contributed by atoms with Gasteiger partial charge in [-0.15, -0.1) is 11.6 Å². The maximum atomic E-state index is 10.4. The molecule has 0 saturated heterocycles. The fraction of sp³-hybridized carbons (Fsp3) is 0.500. The van der Waals surface area contributed by atoms with Gasteiger partial charge < -0.3 is 0 Å². The third-order valence-corrected chi connectivity index (χ3v) is 3.63. The van der Waals surface area contributed by atoms with Gasteiger partial charge >= 0.3 is 5.00 Å². The maximum Gasteiger partial charge on any atom is 0.324 e. The summed E-state index contributed by atoms with van der Waals surface area (Å²) in [5, 5.41) is 12.5. The molecule has 1 aromatic heterocycles. The Morgan fingerprint density at radius 3 is 3.00 bits per heavy atom. The molecule has 0 N–H and O–H groups in total. The SMILES string of the molecule is O=[N+]([O-])c1cc(C2CC2CCl)cs1. The third kappa shape index (κ3) is 1.69. The van der Waals surface area contributed by atoms with Gasteiger partial charge in [-0.3, -0.25) is 10.1 Å². The number of nitrogens with zero attached hydrogens (tertiary/aromatic N) is 1. The lowest BCUT2D eigenvalue weighted by molar-refractivity contribution is -0.380. The van der Waals surface area contributed by atoms with Crippen LogP contribution >= 0.6 is 22.9 Å². The van der Waals surface area contributed by atoms with Crippen LogP contribution in [0.3, 0.4) is 0 Å². The number of alkyl halides is 1. The first-order valence-corrected chi connectivity index (χ1v) is 5.42. The molecular formula is C8H8ClNO2S. The number of hydrogen-bond acceptors (Lipinski definition) is 3. The molecule has 2 unspecified atom stereocenters. The number of halogens is 1. The second-order valence-corrected chi connectivity index (χ2v) is 4.43. The summed E-state index contributed by atoms with van der Waals surface area (Å²) < 4.78 is 0. The van der Waals surface area contributed by atoms with Gasteiger partial charge in [0.1, 0.15) is 0 Å². The molecule has 2 rings (SSSR count). The van der Waals surface area contributed by atoms with Crippen LogP contribution in [0.15, 0.2) is 11.4 Å². The van der Waals surface area contributed by atoms with Gasteiger partial charge in [-0.2, -0.15) is 0 Å². The standard InChI is InChI=1S/C8H8ClNO2S/c9-3-5-1-7(5)6-2-8(10(11)12)13-4-6/h2,4-5,7H,1,3H2. The Morgan fingerprint density at radius 2 is 2.54 bits per heavy atom. The van der Waals surface area contributed by atoms with Crippen LogP contribution in [0.4, 0.5) is 5.00 Å². The summed E-state index contributed by atoms with van der Waals surface area (Å²) in [6, 6.07) is 1.67. The first-order chi connectivity index (χ1) is 6.22. The van der Waals surface area contributed by atoms with Gasteiger partial charge in [-0.25, -0.2) is 0 Å². The molecule has 1 aliphatic rings. The Balaban J connectivity index is 2.11. The van der Waals surface area contributed by atoms with Crippen molar-refractivity contribution in [2.45, 2.75) is 12.3 Å². The molecule has 1 heterocycles. The first kappa shape index (κ1) is 8.97. The van der Waals surface area contributed by atoms with Gasteiger partial charge in [0.2, 0.25) is 0 Å². The number of nitro groups is 1. The summed E-state index contributed by atoms with van der Waals surface area (Å²) in [6.07, 6.45) is 1.08. The lowest BCUT2D eigenvalue weighted by Gasteiger charge is -1.89. The number of thiophene rings is 1. The lowest BCUT2D eigenvalue weighted by atomic mass is 10.2. The molecule has 0 aromatic carbocycles. The van der Waals surface area contributed by atoms with Crippen LogP contribution in [0.1, 0.15) is 17.9 Å². The smallest absolute Gasteiger partial charge is 0.258 e. The highest BCUT2D eigenvalue weighted by Crippen LogP contribution is 2.49. The minimum atomic E-state index is -0.341. The van der Waals surface area contributed by atoms with Crippen LogP contribution in [-0.4, -0.2) is 10.8 Å². The van der Waals surface area contributed by atoms with Crippen LogP contribution < -0.4 is 0 Å². The van der Waals surface area contributed by atoms with E-state index in [1.807, 2.05) is 5.38 Å². The van der Waals surface area contributed by atoms with E-state index in [1.54, 1.807) is 6.07 Å². The fourth-order valence-electron chi connectivity index (χ4n) is 1.46. The Hall–Kier alpha value is -0.610. The van der Waals surface area contributed by atoms with E-state index >= 15 is 0 Å². The zero-order valence-electron chi connectivity index (χ0n) is 6.77. The largest absolute Gasteiger partial charge is 0.324 e. The quantitative estimate of drug-likeness (QED) is 0.444. The zero-order valence-corrected chi connectivity index (χ0v) is 8.35. The van der Waals surface area contributed by atoms with Crippen molar-refractivity contribution < 1.29 is 4.92 Å². The minimum absolute atomic E-state index is 0.232. The fourth-order valence-corrected chi connectivity index (χ4v) is 2.59. The van der Waals surface area contributed by atoms with Crippen molar-refractivity contribution in [3.05, 3.63) is 27.1 Å². The van der Waals surface area contributed by atoms with Crippen molar-refractivity contribution in [1.82, 2.24) is 0 Å². The molecule has 1 saturated carbocycles. The van der Waals surface area contributed by atoms with E-state index in [1.165, 1.54) is 11.3 Å². The van der Waals surface area contributed by atoms with E-state index < -0.39 is 0 Å². The van der Waals surface area contributed by atoms with Crippen molar-refractivity contribution in [2.24, 2.45) is 5.92 Å². The normalized spacial score (nSPS) is 25.9. The lowest BCUT2D eigenvalue weighted by Crippen LogP contribution is -1.83. The van der Waals surface area contributed by atoms with Gasteiger partial charge in [0, 0.05) is 17.3 Å². The number of rotatable bonds is 3. The summed E-state index contributed by atoms with van der Waals surface area (Å²) in [4.78, 5) is 10.1. The molecule has 1 aliphatic carbocycles. The molecule has 5 heteroatoms. The predicted molar refractivity (Wildman–Crippen MR) is 52.5 cm³/mol. The monoisotopic (exact) mass is 217 g/mol. The number of hydrogen-bond donors (Lipinski definition) is 0. The van der Waals surface area contributed by atoms with E-state index in [0.717, 1.165) is 12.0 Å². The second kappa shape index (κ2) is 3.27. The van der Waals surface area contributed by atoms with Gasteiger partial charge in [-0.05, 0) is 23.8 Å². The van der Waals surface area contributed by atoms with Gasteiger partial charge in [-0.1, -0.05) is 11.3 Å². The van der Waals surface area contributed by atoms with Crippen molar-refractivity contribution in [2.75, 3.05) is 5.88 Å². The van der Waals surface area contributed by atoms with E-state index in [2.05, 4.69) is 0 Å². The molecule has 1 fully saturated rings. The van der Waals surface area contributed by atoms with Gasteiger partial charge in [0.25, 0.3) is 0 Å². The van der Waals surface area contributed by atoms with Crippen LogP contribution in [-0.2, 0) is 0 Å². The van der Waals surface area contributed by atoms with E-state index in [-0.39, 0.29) is 9.92 Å². The van der Waals surface area contributed by atoms with Crippen molar-refractivity contribution in [1.29, 1.82) is 0 Å². The van der Waals surface area contributed by atoms with Crippen LogP contribution in [0, 0.1) is 16.0 Å². The second-order valence-electron chi connectivity index (χ2n) is 3.23. The molecule has 0 amide bonds. The molecule has 0 spiro atoms. The highest BCUT2D eigenvalue weighted by molar-refractivity contribution is 7.13. The molecule has 2 atom stereocenters. The first-order valence-electron chi connectivity index (χ1n) is 4.01. The topological polar surface area (TPSA) is 43.1 Å². The summed E-state index contributed by atoms with van der Waals surface area (Å²) in [7, 11) is 0. The third-order valence-electron chi connectivity index (χ3n) is 2.33. The minimum Gasteiger partial charge on any atom is -0.258 e. The summed E-state index contributed by atoms with van der Waals surface area (Å²) in [5.41, 5.74) is 1.09. The Kier molecular flexibility index (Phi) is 2.26. The van der Waals surface area contributed by atoms with Crippen molar-refractivity contribution in [3.8, 4) is 0 Å². The van der Waals surface area contributed by atoms with E-state index in [4.69, 9.17) is 11.6 Å². The van der Waals surface area contributed by atoms with Gasteiger partial charge in [0.05, 0.1) is 4.92 Å². The predicted octanol–water partition coefficient (Wildman–Crippen LogP) is 3.00. The maximum absolute atomic E-state index is 10.4. The van der Waals surface area contributed by atoms with Crippen LogP contribution in [0.25, 0.3) is 0 Å². The molecule has 13 heavy (non-hydrogen) atoms. The highest BCUT2D eigenvalue weighted by atomic mass is 35.5. The Labute approximate surface area is 84.5 Å². The van der Waals surface area contributed by atoms with Crippen LogP contribution in [0.2, 0.25) is 0 Å². The van der Waals surface area contributed by atoms with Gasteiger partial charge in [0.15, 0.2) is 0 Å². The summed E-state index contributed by atoms with van der Waals surface area (Å²) in [6.45, 7) is 0. The van der Waals surface area contributed by atoms with Crippen molar-refractivity contribution >= 4 is 27.9 Å². The molecular weight excluding hydrogens is 210 g/mol. The van der Waals surface area contributed by atoms with E-state index in [9.17, 15) is 10.1 Å². The molecule has 0 radical (unpaired) electrons. The Morgan fingerprint density at radius 1 is 1.77 bits per heavy atom. The highest BCUT2D eigenvalue weighted by Gasteiger charge is 2.38. The molecule has 0 bridgehead atoms. The molecule has 3 nitrogen and oxygen atoms in total. The van der Waals surface area contributed by atoms with Crippen molar-refractivity contribution in [3.63, 3.8) is 0 Å². The summed E-state index contributed by atoms with van der Waals surface area (Å²) in [5.74, 6) is 1.67. The van der Waals surface area contributed by atoms with E-state index in [0.29, 0.717) is 17.7 Å². The molecule has 70 valence electrons. The zero-order chi connectivity index (χ0) is 9.42. The molecule has 0 aliphatic heterocycles. The average molecular weight is 218 g/mol. The molecule has 1 aromatic rings. The Bertz CT molecular complexity index is 339. The summed E-state index contributed by atoms with van der Waals surface area (Å²) >= 11 is 6.88. The van der Waals surface area contributed by atoms with Crippen LogP contribution in [0.5, 0.6) is 0 Å².